The summed E-state index contributed by atoms with van der Waals surface area (Å²) in [6.07, 6.45) is 1.70. The maximum atomic E-state index is 8.49. The van der Waals surface area contributed by atoms with Crippen LogP contribution in [-0.4, -0.2) is 36.7 Å². The second kappa shape index (κ2) is 4.59. The van der Waals surface area contributed by atoms with Crippen LogP contribution in [0, 0.1) is 11.3 Å². The molecule has 1 aliphatic heterocycles. The Labute approximate surface area is 80.3 Å². The van der Waals surface area contributed by atoms with E-state index in [0.717, 1.165) is 32.7 Å². The quantitative estimate of drug-likeness (QED) is 0.647. The minimum atomic E-state index is -0.0496. The third kappa shape index (κ3) is 3.75. The highest BCUT2D eigenvalue weighted by molar-refractivity contribution is 4.80. The van der Waals surface area contributed by atoms with Crippen LogP contribution >= 0.6 is 0 Å². The van der Waals surface area contributed by atoms with Gasteiger partial charge in [-0.1, -0.05) is 0 Å². The fourth-order valence-corrected chi connectivity index (χ4v) is 1.70. The first-order valence-corrected chi connectivity index (χ1v) is 4.87. The van der Waals surface area contributed by atoms with Gasteiger partial charge in [-0.05, 0) is 20.3 Å². The predicted octanol–water partition coefficient (Wildman–Crippen LogP) is 1.40. The highest BCUT2D eigenvalue weighted by Gasteiger charge is 2.24. The van der Waals surface area contributed by atoms with Crippen molar-refractivity contribution < 1.29 is 4.74 Å². The Bertz CT molecular complexity index is 196. The molecule has 13 heavy (non-hydrogen) atoms. The lowest BCUT2D eigenvalue weighted by Crippen LogP contribution is -2.38. The van der Waals surface area contributed by atoms with E-state index in [-0.39, 0.29) is 5.60 Å². The molecule has 3 nitrogen and oxygen atoms in total. The van der Waals surface area contributed by atoms with Gasteiger partial charge in [-0.15, -0.1) is 0 Å². The lowest BCUT2D eigenvalue weighted by atomic mass is 10.1. The maximum absolute atomic E-state index is 8.49. The number of nitrogens with zero attached hydrogens (tertiary/aromatic N) is 2. The summed E-state index contributed by atoms with van der Waals surface area (Å²) in [5.74, 6) is 0. The smallest absolute Gasteiger partial charge is 0.0752 e. The lowest BCUT2D eigenvalue weighted by molar-refractivity contribution is -0.0169. The minimum Gasteiger partial charge on any atom is -0.374 e. The van der Waals surface area contributed by atoms with E-state index in [1.807, 2.05) is 0 Å². The van der Waals surface area contributed by atoms with E-state index in [4.69, 9.17) is 10.00 Å². The zero-order valence-electron chi connectivity index (χ0n) is 8.55. The van der Waals surface area contributed by atoms with Gasteiger partial charge in [-0.2, -0.15) is 5.26 Å². The van der Waals surface area contributed by atoms with Gasteiger partial charge in [0.2, 0.25) is 0 Å². The molecule has 3 heteroatoms. The van der Waals surface area contributed by atoms with E-state index in [9.17, 15) is 0 Å². The second-order valence-electron chi connectivity index (χ2n) is 4.15. The van der Waals surface area contributed by atoms with E-state index in [0.29, 0.717) is 6.42 Å². The third-order valence-corrected chi connectivity index (χ3v) is 2.26. The number of hydrogen-bond acceptors (Lipinski definition) is 3. The summed E-state index contributed by atoms with van der Waals surface area (Å²) in [5, 5.41) is 8.49. The zero-order valence-corrected chi connectivity index (χ0v) is 8.55. The van der Waals surface area contributed by atoms with E-state index in [1.165, 1.54) is 0 Å². The molecule has 0 aliphatic carbocycles. The van der Waals surface area contributed by atoms with Crippen LogP contribution in [0.1, 0.15) is 26.7 Å². The minimum absolute atomic E-state index is 0.0496. The summed E-state index contributed by atoms with van der Waals surface area (Å²) in [7, 11) is 0. The summed E-state index contributed by atoms with van der Waals surface area (Å²) in [6, 6.07) is 2.18. The molecule has 0 unspecified atom stereocenters. The van der Waals surface area contributed by atoms with Crippen molar-refractivity contribution in [2.45, 2.75) is 32.3 Å². The molecule has 0 amide bonds. The molecule has 0 radical (unpaired) electrons. The molecule has 0 atom stereocenters. The first kappa shape index (κ1) is 10.5. The SMILES string of the molecule is CC1(C)CN(CCC#N)CCCO1. The fraction of sp³-hybridized carbons (Fsp3) is 0.900. The largest absolute Gasteiger partial charge is 0.374 e. The van der Waals surface area contributed by atoms with Crippen molar-refractivity contribution in [3.63, 3.8) is 0 Å². The van der Waals surface area contributed by atoms with Gasteiger partial charge in [-0.25, -0.2) is 0 Å². The molecule has 0 N–H and O–H groups in total. The zero-order chi connectivity index (χ0) is 9.73. The molecule has 0 aromatic carbocycles. The molecule has 1 fully saturated rings. The van der Waals surface area contributed by atoms with Gasteiger partial charge in [-0.3, -0.25) is 4.90 Å². The van der Waals surface area contributed by atoms with Crippen molar-refractivity contribution in [3.05, 3.63) is 0 Å². The molecule has 0 saturated carbocycles. The molecule has 1 aliphatic rings. The Kier molecular flexibility index (Phi) is 3.71. The predicted molar refractivity (Wildman–Crippen MR) is 51.3 cm³/mol. The molecular formula is C10H18N2O. The van der Waals surface area contributed by atoms with Gasteiger partial charge in [0.15, 0.2) is 0 Å². The lowest BCUT2D eigenvalue weighted by Gasteiger charge is -2.28. The summed E-state index contributed by atoms with van der Waals surface area (Å²) < 4.78 is 5.68. The molecule has 0 aromatic heterocycles. The van der Waals surface area contributed by atoms with E-state index in [1.54, 1.807) is 0 Å². The van der Waals surface area contributed by atoms with Gasteiger partial charge in [0.25, 0.3) is 0 Å². The van der Waals surface area contributed by atoms with Crippen LogP contribution in [0.3, 0.4) is 0 Å². The molecule has 0 aromatic rings. The number of nitriles is 1. The van der Waals surface area contributed by atoms with Crippen molar-refractivity contribution in [3.8, 4) is 6.07 Å². The van der Waals surface area contributed by atoms with Crippen LogP contribution in [0.15, 0.2) is 0 Å². The number of rotatable bonds is 2. The summed E-state index contributed by atoms with van der Waals surface area (Å²) >= 11 is 0. The molecule has 1 saturated heterocycles. The van der Waals surface area contributed by atoms with Crippen molar-refractivity contribution in [2.75, 3.05) is 26.2 Å². The highest BCUT2D eigenvalue weighted by atomic mass is 16.5. The molecule has 0 spiro atoms. The van der Waals surface area contributed by atoms with Gasteiger partial charge >= 0.3 is 0 Å². The van der Waals surface area contributed by atoms with Crippen LogP contribution in [0.5, 0.6) is 0 Å². The van der Waals surface area contributed by atoms with Crippen LogP contribution in [0.2, 0.25) is 0 Å². The molecular weight excluding hydrogens is 164 g/mol. The first-order chi connectivity index (χ1) is 6.14. The van der Waals surface area contributed by atoms with Crippen LogP contribution < -0.4 is 0 Å². The molecule has 1 rings (SSSR count). The van der Waals surface area contributed by atoms with Crippen LogP contribution in [0.25, 0.3) is 0 Å². The van der Waals surface area contributed by atoms with Crippen LogP contribution in [0.4, 0.5) is 0 Å². The summed E-state index contributed by atoms with van der Waals surface area (Å²) in [5.41, 5.74) is -0.0496. The highest BCUT2D eigenvalue weighted by Crippen LogP contribution is 2.16. The Hall–Kier alpha value is -0.590. The van der Waals surface area contributed by atoms with Crippen molar-refractivity contribution in [1.29, 1.82) is 5.26 Å². The Balaban J connectivity index is 2.41. The standard InChI is InChI=1S/C10H18N2O/c1-10(2)9-12(6-3-5-11)7-4-8-13-10/h3-4,6-9H2,1-2H3. The maximum Gasteiger partial charge on any atom is 0.0752 e. The van der Waals surface area contributed by atoms with Gasteiger partial charge in [0, 0.05) is 32.7 Å². The first-order valence-electron chi connectivity index (χ1n) is 4.87. The normalized spacial score (nSPS) is 23.5. The second-order valence-corrected chi connectivity index (χ2v) is 4.15. The Morgan fingerprint density at radius 2 is 2.31 bits per heavy atom. The van der Waals surface area contributed by atoms with Gasteiger partial charge in [0.1, 0.15) is 0 Å². The van der Waals surface area contributed by atoms with Crippen molar-refractivity contribution in [1.82, 2.24) is 4.90 Å². The molecule has 74 valence electrons. The number of ether oxygens (including phenoxy) is 1. The molecule has 0 bridgehead atoms. The Morgan fingerprint density at radius 1 is 1.54 bits per heavy atom. The van der Waals surface area contributed by atoms with E-state index in [2.05, 4.69) is 24.8 Å². The summed E-state index contributed by atoms with van der Waals surface area (Å²) in [6.45, 7) is 7.94. The molecule has 1 heterocycles. The van der Waals surface area contributed by atoms with Crippen LogP contribution in [-0.2, 0) is 4.74 Å². The average molecular weight is 182 g/mol. The average Bonchev–Trinajstić information content (AvgIpc) is 2.22. The van der Waals surface area contributed by atoms with Crippen molar-refractivity contribution in [2.24, 2.45) is 0 Å². The monoisotopic (exact) mass is 182 g/mol. The third-order valence-electron chi connectivity index (χ3n) is 2.26. The van der Waals surface area contributed by atoms with Gasteiger partial charge in [0.05, 0.1) is 11.7 Å². The van der Waals surface area contributed by atoms with Crippen molar-refractivity contribution >= 4 is 0 Å². The van der Waals surface area contributed by atoms with E-state index < -0.39 is 0 Å². The summed E-state index contributed by atoms with van der Waals surface area (Å²) in [4.78, 5) is 2.32. The Morgan fingerprint density at radius 3 is 3.00 bits per heavy atom. The topological polar surface area (TPSA) is 36.3 Å². The fourth-order valence-electron chi connectivity index (χ4n) is 1.70. The van der Waals surface area contributed by atoms with E-state index >= 15 is 0 Å². The number of hydrogen-bond donors (Lipinski definition) is 0. The van der Waals surface area contributed by atoms with Gasteiger partial charge < -0.3 is 4.74 Å².